The molecule has 1 saturated heterocycles. The van der Waals surface area contributed by atoms with Gasteiger partial charge in [0.25, 0.3) is 5.91 Å². The fourth-order valence-corrected chi connectivity index (χ4v) is 1.21. The predicted octanol–water partition coefficient (Wildman–Crippen LogP) is 1.01. The smallest absolute Gasteiger partial charge is 0.303 e. The number of hydrogen-bond donors (Lipinski definition) is 2. The van der Waals surface area contributed by atoms with Crippen LogP contribution in [0.25, 0.3) is 6.08 Å². The molecule has 0 bridgehead atoms. The van der Waals surface area contributed by atoms with Crippen molar-refractivity contribution in [2.24, 2.45) is 0 Å². The summed E-state index contributed by atoms with van der Waals surface area (Å²) >= 11 is 0. The summed E-state index contributed by atoms with van der Waals surface area (Å²) in [6.45, 7) is 0. The predicted molar refractivity (Wildman–Crippen MR) is 51.1 cm³/mol. The van der Waals surface area contributed by atoms with Crippen LogP contribution in [0.15, 0.2) is 30.0 Å². The lowest BCUT2D eigenvalue weighted by Crippen LogP contribution is -2.22. The molecule has 1 aromatic carbocycles. The molecule has 0 atom stereocenters. The number of carbonyl (C=O) groups excluding carboxylic acids is 2. The quantitative estimate of drug-likeness (QED) is 0.532. The van der Waals surface area contributed by atoms with Crippen molar-refractivity contribution in [3.63, 3.8) is 0 Å². The number of benzene rings is 1. The van der Waals surface area contributed by atoms with Crippen LogP contribution in [0.3, 0.4) is 0 Å². The molecule has 1 aliphatic rings. The zero-order valence-electron chi connectivity index (χ0n) is 7.58. The fraction of sp³-hybridized carbons (Fsp3) is 0. The largest absolute Gasteiger partial charge is 0.326 e. The van der Waals surface area contributed by atoms with E-state index in [1.54, 1.807) is 0 Å². The first-order valence-corrected chi connectivity index (χ1v) is 4.25. The second-order valence-corrected chi connectivity index (χ2v) is 3.02. The van der Waals surface area contributed by atoms with Crippen LogP contribution < -0.4 is 10.6 Å². The highest BCUT2D eigenvalue weighted by Gasteiger charge is 2.22. The van der Waals surface area contributed by atoms with Crippen molar-refractivity contribution in [2.45, 2.75) is 0 Å². The molecule has 0 spiro atoms. The molecule has 15 heavy (non-hydrogen) atoms. The maximum absolute atomic E-state index is 12.6. The molecule has 1 aromatic rings. The standard InChI is InChI=1S/C10H7FN2O2/c11-7-3-1-6(2-4-7)5-8-9(14)13-10(15)12-8/h1-5H,(H2,12,13,14,15)/b8-5+. The van der Waals surface area contributed by atoms with Crippen molar-refractivity contribution in [3.8, 4) is 0 Å². The van der Waals surface area contributed by atoms with Crippen molar-refractivity contribution >= 4 is 18.0 Å². The lowest BCUT2D eigenvalue weighted by molar-refractivity contribution is -0.115. The van der Waals surface area contributed by atoms with Gasteiger partial charge in [0, 0.05) is 0 Å². The third-order valence-corrected chi connectivity index (χ3v) is 1.90. The van der Waals surface area contributed by atoms with Gasteiger partial charge in [0.1, 0.15) is 11.5 Å². The molecule has 1 heterocycles. The average Bonchev–Trinajstić information content (AvgIpc) is 2.49. The van der Waals surface area contributed by atoms with Crippen LogP contribution in [0.5, 0.6) is 0 Å². The van der Waals surface area contributed by atoms with Crippen molar-refractivity contribution in [3.05, 3.63) is 41.3 Å². The summed E-state index contributed by atoms with van der Waals surface area (Å²) in [5, 5.41) is 4.40. The second kappa shape index (κ2) is 3.53. The Balaban J connectivity index is 2.27. The lowest BCUT2D eigenvalue weighted by Gasteiger charge is -1.95. The number of urea groups is 1. The highest BCUT2D eigenvalue weighted by atomic mass is 19.1. The summed E-state index contributed by atoms with van der Waals surface area (Å²) in [4.78, 5) is 21.9. The first kappa shape index (κ1) is 9.39. The van der Waals surface area contributed by atoms with E-state index in [1.807, 2.05) is 0 Å². The van der Waals surface area contributed by atoms with Gasteiger partial charge in [-0.1, -0.05) is 12.1 Å². The summed E-state index contributed by atoms with van der Waals surface area (Å²) < 4.78 is 12.6. The van der Waals surface area contributed by atoms with E-state index >= 15 is 0 Å². The van der Waals surface area contributed by atoms with Gasteiger partial charge in [0.05, 0.1) is 0 Å². The van der Waals surface area contributed by atoms with Gasteiger partial charge in [-0.05, 0) is 23.8 Å². The maximum atomic E-state index is 12.6. The molecule has 0 aromatic heterocycles. The minimum atomic E-state index is -0.548. The Hall–Kier alpha value is -2.17. The van der Waals surface area contributed by atoms with Crippen molar-refractivity contribution in [1.29, 1.82) is 0 Å². The molecule has 0 saturated carbocycles. The molecule has 1 fully saturated rings. The van der Waals surface area contributed by atoms with Crippen LogP contribution in [0, 0.1) is 5.82 Å². The topological polar surface area (TPSA) is 58.2 Å². The Morgan fingerprint density at radius 3 is 2.27 bits per heavy atom. The van der Waals surface area contributed by atoms with Crippen LogP contribution in [0.2, 0.25) is 0 Å². The Labute approximate surface area is 84.8 Å². The summed E-state index contributed by atoms with van der Waals surface area (Å²) in [5.41, 5.74) is 0.801. The first-order chi connectivity index (χ1) is 7.15. The van der Waals surface area contributed by atoms with E-state index in [0.29, 0.717) is 5.56 Å². The highest BCUT2D eigenvalue weighted by Crippen LogP contribution is 2.08. The highest BCUT2D eigenvalue weighted by molar-refractivity contribution is 6.13. The van der Waals surface area contributed by atoms with Crippen molar-refractivity contribution < 1.29 is 14.0 Å². The molecule has 2 rings (SSSR count). The van der Waals surface area contributed by atoms with Gasteiger partial charge in [0.2, 0.25) is 0 Å². The molecule has 0 unspecified atom stereocenters. The molecular formula is C10H7FN2O2. The fourth-order valence-electron chi connectivity index (χ4n) is 1.21. The second-order valence-electron chi connectivity index (χ2n) is 3.02. The van der Waals surface area contributed by atoms with Crippen LogP contribution in [0.1, 0.15) is 5.56 Å². The van der Waals surface area contributed by atoms with Crippen LogP contribution >= 0.6 is 0 Å². The lowest BCUT2D eigenvalue weighted by atomic mass is 10.2. The van der Waals surface area contributed by atoms with E-state index in [-0.39, 0.29) is 11.5 Å². The minimum Gasteiger partial charge on any atom is -0.303 e. The average molecular weight is 206 g/mol. The summed E-state index contributed by atoms with van der Waals surface area (Å²) in [5.74, 6) is -0.832. The van der Waals surface area contributed by atoms with Crippen LogP contribution in [-0.4, -0.2) is 11.9 Å². The molecular weight excluding hydrogens is 199 g/mol. The normalized spacial score (nSPS) is 17.8. The monoisotopic (exact) mass is 206 g/mol. The van der Waals surface area contributed by atoms with Gasteiger partial charge in [0.15, 0.2) is 0 Å². The Morgan fingerprint density at radius 2 is 1.73 bits per heavy atom. The summed E-state index contributed by atoms with van der Waals surface area (Å²) in [6.07, 6.45) is 1.47. The summed E-state index contributed by atoms with van der Waals surface area (Å²) in [6, 6.07) is 5.04. The SMILES string of the molecule is O=C1NC(=O)/C(=C\c2ccc(F)cc2)N1. The number of carbonyl (C=O) groups is 2. The number of rotatable bonds is 1. The number of amides is 3. The van der Waals surface area contributed by atoms with E-state index in [0.717, 1.165) is 0 Å². The van der Waals surface area contributed by atoms with Gasteiger partial charge in [-0.15, -0.1) is 0 Å². The third-order valence-electron chi connectivity index (χ3n) is 1.90. The Morgan fingerprint density at radius 1 is 1.07 bits per heavy atom. The summed E-state index contributed by atoms with van der Waals surface area (Å²) in [7, 11) is 0. The molecule has 76 valence electrons. The number of halogens is 1. The minimum absolute atomic E-state index is 0.159. The van der Waals surface area contributed by atoms with Crippen molar-refractivity contribution in [2.75, 3.05) is 0 Å². The van der Waals surface area contributed by atoms with E-state index in [4.69, 9.17) is 0 Å². The van der Waals surface area contributed by atoms with E-state index in [9.17, 15) is 14.0 Å². The van der Waals surface area contributed by atoms with Gasteiger partial charge in [-0.25, -0.2) is 9.18 Å². The van der Waals surface area contributed by atoms with Crippen LogP contribution in [-0.2, 0) is 4.79 Å². The van der Waals surface area contributed by atoms with E-state index < -0.39 is 11.9 Å². The maximum Gasteiger partial charge on any atom is 0.326 e. The zero-order valence-corrected chi connectivity index (χ0v) is 7.58. The number of imide groups is 1. The van der Waals surface area contributed by atoms with E-state index in [1.165, 1.54) is 30.3 Å². The number of hydrogen-bond acceptors (Lipinski definition) is 2. The van der Waals surface area contributed by atoms with Gasteiger partial charge in [-0.3, -0.25) is 10.1 Å². The molecule has 0 radical (unpaired) electrons. The Kier molecular flexibility index (Phi) is 2.21. The van der Waals surface area contributed by atoms with Gasteiger partial charge < -0.3 is 5.32 Å². The zero-order chi connectivity index (χ0) is 10.8. The molecule has 3 amide bonds. The third kappa shape index (κ3) is 2.01. The van der Waals surface area contributed by atoms with Crippen molar-refractivity contribution in [1.82, 2.24) is 10.6 Å². The molecule has 2 N–H and O–H groups in total. The molecule has 1 aliphatic heterocycles. The molecule has 4 nitrogen and oxygen atoms in total. The Bertz CT molecular complexity index is 451. The first-order valence-electron chi connectivity index (χ1n) is 4.25. The molecule has 0 aliphatic carbocycles. The molecule has 5 heteroatoms. The van der Waals surface area contributed by atoms with Gasteiger partial charge >= 0.3 is 6.03 Å². The van der Waals surface area contributed by atoms with E-state index in [2.05, 4.69) is 10.6 Å². The van der Waals surface area contributed by atoms with Crippen LogP contribution in [0.4, 0.5) is 9.18 Å². The number of nitrogens with one attached hydrogen (secondary N) is 2. The van der Waals surface area contributed by atoms with Gasteiger partial charge in [-0.2, -0.15) is 0 Å².